The molecule has 0 fully saturated rings. The van der Waals surface area contributed by atoms with Crippen molar-refractivity contribution in [3.63, 3.8) is 0 Å². The number of aromatic amines is 1. The summed E-state index contributed by atoms with van der Waals surface area (Å²) in [7, 11) is 0. The number of carbonyl (C=O) groups is 1. The maximum atomic E-state index is 11.6. The number of carbonyl (C=O) groups excluding carboxylic acids is 1. The minimum Gasteiger partial charge on any atom is -0.354 e. The first-order valence-electron chi connectivity index (χ1n) is 6.61. The number of fused-ring (bicyclic) bond motifs is 3. The van der Waals surface area contributed by atoms with E-state index in [1.54, 1.807) is 25.1 Å². The van der Waals surface area contributed by atoms with Crippen molar-refractivity contribution < 1.29 is 9.72 Å². The predicted molar refractivity (Wildman–Crippen MR) is 81.9 cm³/mol. The molecule has 0 saturated carbocycles. The van der Waals surface area contributed by atoms with Crippen molar-refractivity contribution in [1.82, 2.24) is 4.98 Å². The fourth-order valence-corrected chi connectivity index (χ4v) is 2.80. The topological polar surface area (TPSA) is 76.0 Å². The first kappa shape index (κ1) is 13.3. The van der Waals surface area contributed by atoms with E-state index in [9.17, 15) is 14.9 Å². The molecule has 0 spiro atoms. The van der Waals surface area contributed by atoms with Gasteiger partial charge in [0, 0.05) is 33.5 Å². The molecule has 0 radical (unpaired) electrons. The third kappa shape index (κ3) is 1.89. The van der Waals surface area contributed by atoms with Crippen molar-refractivity contribution >= 4 is 33.3 Å². The highest BCUT2D eigenvalue weighted by atomic mass is 16.6. The van der Waals surface area contributed by atoms with E-state index in [-0.39, 0.29) is 16.4 Å². The third-order valence-corrected chi connectivity index (χ3v) is 3.91. The Kier molecular flexibility index (Phi) is 2.79. The quantitative estimate of drug-likeness (QED) is 0.437. The molecule has 0 bridgehead atoms. The number of rotatable bonds is 2. The monoisotopic (exact) mass is 282 g/mol. The minimum absolute atomic E-state index is 0.0222. The van der Waals surface area contributed by atoms with Crippen LogP contribution in [0.5, 0.6) is 0 Å². The normalized spacial score (nSPS) is 11.2. The number of nitrogens with one attached hydrogen (secondary N) is 1. The van der Waals surface area contributed by atoms with Crippen LogP contribution in [0.3, 0.4) is 0 Å². The van der Waals surface area contributed by atoms with Crippen LogP contribution in [0.2, 0.25) is 0 Å². The summed E-state index contributed by atoms with van der Waals surface area (Å²) in [5.41, 5.74) is 3.91. The van der Waals surface area contributed by atoms with Gasteiger partial charge in [0.1, 0.15) is 0 Å². The van der Waals surface area contributed by atoms with Gasteiger partial charge in [-0.1, -0.05) is 0 Å². The lowest BCUT2D eigenvalue weighted by Crippen LogP contribution is -1.94. The molecule has 0 unspecified atom stereocenters. The van der Waals surface area contributed by atoms with Crippen LogP contribution in [0.25, 0.3) is 21.8 Å². The summed E-state index contributed by atoms with van der Waals surface area (Å²) < 4.78 is 0. The fraction of sp³-hybridized carbons (Fsp3) is 0.188. The van der Waals surface area contributed by atoms with Crippen LogP contribution < -0.4 is 0 Å². The van der Waals surface area contributed by atoms with E-state index in [1.165, 1.54) is 6.92 Å². The van der Waals surface area contributed by atoms with Crippen LogP contribution in [0.1, 0.15) is 28.4 Å². The Morgan fingerprint density at radius 3 is 2.57 bits per heavy atom. The average molecular weight is 282 g/mol. The number of hydrogen-bond donors (Lipinski definition) is 1. The van der Waals surface area contributed by atoms with Gasteiger partial charge < -0.3 is 4.98 Å². The van der Waals surface area contributed by atoms with Crippen LogP contribution in [0, 0.1) is 24.0 Å². The SMILES string of the molecule is CC(=O)c1ccc2[nH]c3c(C)cc([N+](=O)[O-])c(C)c3c2c1. The van der Waals surface area contributed by atoms with Crippen LogP contribution >= 0.6 is 0 Å². The Bertz CT molecular complexity index is 922. The number of ketones is 1. The number of benzene rings is 2. The Labute approximate surface area is 120 Å². The number of nitrogens with zero attached hydrogens (tertiary/aromatic N) is 1. The Hall–Kier alpha value is -2.69. The zero-order valence-corrected chi connectivity index (χ0v) is 12.0. The molecule has 0 aliphatic carbocycles. The Morgan fingerprint density at radius 1 is 1.24 bits per heavy atom. The second-order valence-electron chi connectivity index (χ2n) is 5.29. The van der Waals surface area contributed by atoms with E-state index in [2.05, 4.69) is 4.98 Å². The van der Waals surface area contributed by atoms with Gasteiger partial charge in [-0.25, -0.2) is 0 Å². The third-order valence-electron chi connectivity index (χ3n) is 3.91. The molecule has 106 valence electrons. The van der Waals surface area contributed by atoms with Gasteiger partial charge in [0.15, 0.2) is 5.78 Å². The molecule has 1 heterocycles. The Balaban J connectivity index is 2.51. The molecule has 0 atom stereocenters. The lowest BCUT2D eigenvalue weighted by atomic mass is 10.0. The summed E-state index contributed by atoms with van der Waals surface area (Å²) in [6.45, 7) is 5.10. The lowest BCUT2D eigenvalue weighted by Gasteiger charge is -2.03. The fourth-order valence-electron chi connectivity index (χ4n) is 2.80. The van der Waals surface area contributed by atoms with Crippen molar-refractivity contribution in [2.75, 3.05) is 0 Å². The van der Waals surface area contributed by atoms with E-state index >= 15 is 0 Å². The standard InChI is InChI=1S/C16H14N2O3/c1-8-6-14(18(20)21)9(2)15-12-7-11(10(3)19)4-5-13(12)17-16(8)15/h4-7,17H,1-3H3. The molecule has 5 heteroatoms. The molecule has 0 aliphatic rings. The summed E-state index contributed by atoms with van der Waals surface area (Å²) in [6.07, 6.45) is 0. The number of H-pyrrole nitrogens is 1. The average Bonchev–Trinajstić information content (AvgIpc) is 2.81. The zero-order chi connectivity index (χ0) is 15.3. The van der Waals surface area contributed by atoms with E-state index in [0.29, 0.717) is 11.1 Å². The molecule has 21 heavy (non-hydrogen) atoms. The summed E-state index contributed by atoms with van der Waals surface area (Å²) in [6, 6.07) is 6.99. The van der Waals surface area contributed by atoms with Gasteiger partial charge in [0.25, 0.3) is 5.69 Å². The first-order chi connectivity index (χ1) is 9.90. The first-order valence-corrected chi connectivity index (χ1v) is 6.61. The smallest absolute Gasteiger partial charge is 0.273 e. The van der Waals surface area contributed by atoms with Crippen molar-refractivity contribution in [3.05, 3.63) is 51.1 Å². The van der Waals surface area contributed by atoms with Crippen LogP contribution in [-0.4, -0.2) is 15.7 Å². The van der Waals surface area contributed by atoms with E-state index in [0.717, 1.165) is 27.4 Å². The molecule has 5 nitrogen and oxygen atoms in total. The van der Waals surface area contributed by atoms with Gasteiger partial charge in [-0.15, -0.1) is 0 Å². The van der Waals surface area contributed by atoms with Crippen LogP contribution in [0.15, 0.2) is 24.3 Å². The highest BCUT2D eigenvalue weighted by Crippen LogP contribution is 2.35. The molecule has 1 N–H and O–H groups in total. The van der Waals surface area contributed by atoms with Gasteiger partial charge >= 0.3 is 0 Å². The lowest BCUT2D eigenvalue weighted by molar-refractivity contribution is -0.385. The summed E-state index contributed by atoms with van der Waals surface area (Å²) in [5, 5.41) is 12.9. The molecule has 3 aromatic rings. The van der Waals surface area contributed by atoms with Gasteiger partial charge in [-0.05, 0) is 44.5 Å². The number of nitro benzene ring substituents is 1. The van der Waals surface area contributed by atoms with Gasteiger partial charge in [-0.2, -0.15) is 0 Å². The van der Waals surface area contributed by atoms with Gasteiger partial charge in [-0.3, -0.25) is 14.9 Å². The van der Waals surface area contributed by atoms with Crippen molar-refractivity contribution in [2.45, 2.75) is 20.8 Å². The number of aromatic nitrogens is 1. The van der Waals surface area contributed by atoms with Crippen LogP contribution in [-0.2, 0) is 0 Å². The summed E-state index contributed by atoms with van der Waals surface area (Å²) in [5.74, 6) is -0.0222. The van der Waals surface area contributed by atoms with Crippen molar-refractivity contribution in [2.24, 2.45) is 0 Å². The minimum atomic E-state index is -0.366. The largest absolute Gasteiger partial charge is 0.354 e. The number of Topliss-reactive ketones (excluding diaryl/α,β-unsaturated/α-hetero) is 1. The van der Waals surface area contributed by atoms with Gasteiger partial charge in [0.2, 0.25) is 0 Å². The maximum Gasteiger partial charge on any atom is 0.273 e. The Morgan fingerprint density at radius 2 is 1.95 bits per heavy atom. The molecule has 2 aromatic carbocycles. The number of aryl methyl sites for hydroxylation is 2. The molecule has 0 aliphatic heterocycles. The highest BCUT2D eigenvalue weighted by molar-refractivity contribution is 6.13. The van der Waals surface area contributed by atoms with E-state index in [1.807, 2.05) is 13.0 Å². The predicted octanol–water partition coefficient (Wildman–Crippen LogP) is 4.05. The highest BCUT2D eigenvalue weighted by Gasteiger charge is 2.19. The van der Waals surface area contributed by atoms with E-state index < -0.39 is 0 Å². The van der Waals surface area contributed by atoms with Crippen molar-refractivity contribution in [3.8, 4) is 0 Å². The second-order valence-corrected chi connectivity index (χ2v) is 5.29. The maximum absolute atomic E-state index is 11.6. The van der Waals surface area contributed by atoms with Gasteiger partial charge in [0.05, 0.1) is 10.4 Å². The summed E-state index contributed by atoms with van der Waals surface area (Å²) >= 11 is 0. The second kappa shape index (κ2) is 4.41. The molecule has 0 amide bonds. The molecule has 3 rings (SSSR count). The molecular formula is C16H14N2O3. The summed E-state index contributed by atoms with van der Waals surface area (Å²) in [4.78, 5) is 25.7. The number of hydrogen-bond acceptors (Lipinski definition) is 3. The van der Waals surface area contributed by atoms with E-state index in [4.69, 9.17) is 0 Å². The van der Waals surface area contributed by atoms with Crippen LogP contribution in [0.4, 0.5) is 5.69 Å². The molecule has 0 saturated heterocycles. The molecular weight excluding hydrogens is 268 g/mol. The number of nitro groups is 1. The zero-order valence-electron chi connectivity index (χ0n) is 12.0. The van der Waals surface area contributed by atoms with Crippen molar-refractivity contribution in [1.29, 1.82) is 0 Å². The molecule has 1 aromatic heterocycles.